The summed E-state index contributed by atoms with van der Waals surface area (Å²) >= 11 is 0. The maximum atomic E-state index is 12.6. The van der Waals surface area contributed by atoms with E-state index in [2.05, 4.69) is 0 Å². The van der Waals surface area contributed by atoms with Crippen LogP contribution in [0.4, 0.5) is 0 Å². The summed E-state index contributed by atoms with van der Waals surface area (Å²) in [7, 11) is 0. The number of aliphatic hydroxyl groups excluding tert-OH is 2. The van der Waals surface area contributed by atoms with Gasteiger partial charge in [0.15, 0.2) is 0 Å². The van der Waals surface area contributed by atoms with E-state index < -0.39 is 28.4 Å². The molecule has 6 heteroatoms. The van der Waals surface area contributed by atoms with Crippen molar-refractivity contribution >= 4 is 17.5 Å². The van der Waals surface area contributed by atoms with Gasteiger partial charge in [0.1, 0.15) is 12.0 Å². The van der Waals surface area contributed by atoms with Gasteiger partial charge in [-0.1, -0.05) is 20.8 Å². The van der Waals surface area contributed by atoms with Crippen LogP contribution in [-0.4, -0.2) is 47.6 Å². The van der Waals surface area contributed by atoms with Gasteiger partial charge in [0.25, 0.3) is 0 Å². The van der Waals surface area contributed by atoms with Crippen molar-refractivity contribution in [2.24, 2.45) is 28.6 Å². The SMILES string of the molecule is CC(C)C1C2CCC1(C(=O)OCC(C)(CO)CO)C(=O)C2=O. The van der Waals surface area contributed by atoms with E-state index in [9.17, 15) is 24.6 Å². The first-order valence-corrected chi connectivity index (χ1v) is 7.71. The minimum atomic E-state index is -1.36. The van der Waals surface area contributed by atoms with Crippen molar-refractivity contribution in [3.8, 4) is 0 Å². The average molecular weight is 312 g/mol. The molecule has 2 N–H and O–H groups in total. The number of esters is 1. The van der Waals surface area contributed by atoms with E-state index in [4.69, 9.17) is 4.74 Å². The largest absolute Gasteiger partial charge is 0.464 e. The summed E-state index contributed by atoms with van der Waals surface area (Å²) in [6.07, 6.45) is 0.888. The zero-order valence-electron chi connectivity index (χ0n) is 13.3. The second-order valence-electron chi connectivity index (χ2n) is 7.28. The highest BCUT2D eigenvalue weighted by Crippen LogP contribution is 2.57. The first-order valence-electron chi connectivity index (χ1n) is 7.71. The maximum absolute atomic E-state index is 12.6. The molecule has 0 aromatic rings. The van der Waals surface area contributed by atoms with Crippen LogP contribution in [0.2, 0.25) is 0 Å². The molecule has 2 rings (SSSR count). The Balaban J connectivity index is 2.23. The monoisotopic (exact) mass is 312 g/mol. The van der Waals surface area contributed by atoms with Gasteiger partial charge in [-0.3, -0.25) is 14.4 Å². The molecule has 2 fully saturated rings. The Morgan fingerprint density at radius 1 is 1.36 bits per heavy atom. The number of Topliss-reactive ketones (excluding diaryl/α,β-unsaturated/α-hetero) is 2. The lowest BCUT2D eigenvalue weighted by molar-refractivity contribution is -0.167. The molecular formula is C16H24O6. The van der Waals surface area contributed by atoms with E-state index in [1.54, 1.807) is 6.92 Å². The third kappa shape index (κ3) is 2.29. The summed E-state index contributed by atoms with van der Waals surface area (Å²) in [5, 5.41) is 18.5. The van der Waals surface area contributed by atoms with Crippen LogP contribution in [0.1, 0.15) is 33.6 Å². The first-order chi connectivity index (χ1) is 10.2. The van der Waals surface area contributed by atoms with E-state index in [1.165, 1.54) is 0 Å². The minimum Gasteiger partial charge on any atom is -0.464 e. The summed E-state index contributed by atoms with van der Waals surface area (Å²) < 4.78 is 5.26. The molecule has 2 saturated carbocycles. The van der Waals surface area contributed by atoms with Gasteiger partial charge in [0, 0.05) is 11.3 Å². The van der Waals surface area contributed by atoms with Crippen molar-refractivity contribution in [1.82, 2.24) is 0 Å². The molecule has 2 aliphatic rings. The van der Waals surface area contributed by atoms with E-state index in [0.29, 0.717) is 12.8 Å². The summed E-state index contributed by atoms with van der Waals surface area (Å²) in [5.41, 5.74) is -2.31. The molecule has 0 heterocycles. The molecule has 0 amide bonds. The third-order valence-electron chi connectivity index (χ3n) is 5.22. The number of carbonyl (C=O) groups excluding carboxylic acids is 3. The lowest BCUT2D eigenvalue weighted by Crippen LogP contribution is -2.45. The zero-order valence-corrected chi connectivity index (χ0v) is 13.3. The molecule has 0 aromatic heterocycles. The van der Waals surface area contributed by atoms with Crippen molar-refractivity contribution in [2.75, 3.05) is 19.8 Å². The van der Waals surface area contributed by atoms with Gasteiger partial charge in [0.2, 0.25) is 11.6 Å². The molecule has 0 radical (unpaired) electrons. The fourth-order valence-corrected chi connectivity index (χ4v) is 3.89. The quantitative estimate of drug-likeness (QED) is 0.417. The molecule has 0 spiro atoms. The van der Waals surface area contributed by atoms with Crippen LogP contribution in [0, 0.1) is 28.6 Å². The smallest absolute Gasteiger partial charge is 0.320 e. The molecular weight excluding hydrogens is 288 g/mol. The van der Waals surface area contributed by atoms with E-state index in [0.717, 1.165) is 0 Å². The Morgan fingerprint density at radius 2 is 1.95 bits per heavy atom. The number of fused-ring (bicyclic) bond motifs is 2. The molecule has 0 saturated heterocycles. The average Bonchev–Trinajstić information content (AvgIpc) is 3.00. The number of hydrogen-bond donors (Lipinski definition) is 2. The summed E-state index contributed by atoms with van der Waals surface area (Å²) in [4.78, 5) is 37.0. The van der Waals surface area contributed by atoms with Crippen molar-refractivity contribution in [2.45, 2.75) is 33.6 Å². The van der Waals surface area contributed by atoms with Crippen LogP contribution < -0.4 is 0 Å². The Morgan fingerprint density at radius 3 is 2.45 bits per heavy atom. The number of rotatable bonds is 6. The Labute approximate surface area is 129 Å². The Bertz CT molecular complexity index is 493. The van der Waals surface area contributed by atoms with Gasteiger partial charge in [0.05, 0.1) is 13.2 Å². The van der Waals surface area contributed by atoms with Gasteiger partial charge in [-0.25, -0.2) is 0 Å². The lowest BCUT2D eigenvalue weighted by Gasteiger charge is -2.31. The molecule has 3 atom stereocenters. The van der Waals surface area contributed by atoms with Crippen LogP contribution in [-0.2, 0) is 19.1 Å². The fraction of sp³-hybridized carbons (Fsp3) is 0.812. The summed E-state index contributed by atoms with van der Waals surface area (Å²) in [6.45, 7) is 4.53. The lowest BCUT2D eigenvalue weighted by atomic mass is 9.73. The predicted molar refractivity (Wildman–Crippen MR) is 76.7 cm³/mol. The van der Waals surface area contributed by atoms with Gasteiger partial charge in [-0.05, 0) is 24.7 Å². The molecule has 22 heavy (non-hydrogen) atoms. The number of hydrogen-bond acceptors (Lipinski definition) is 6. The van der Waals surface area contributed by atoms with E-state index in [-0.39, 0.29) is 37.6 Å². The molecule has 124 valence electrons. The van der Waals surface area contributed by atoms with Gasteiger partial charge >= 0.3 is 5.97 Å². The molecule has 2 bridgehead atoms. The van der Waals surface area contributed by atoms with Crippen molar-refractivity contribution < 1.29 is 29.3 Å². The van der Waals surface area contributed by atoms with Crippen LogP contribution in [0.25, 0.3) is 0 Å². The fourth-order valence-electron chi connectivity index (χ4n) is 3.89. The number of ketones is 2. The number of aliphatic hydroxyl groups is 2. The Kier molecular flexibility index (Phi) is 4.46. The van der Waals surface area contributed by atoms with Crippen LogP contribution in [0.5, 0.6) is 0 Å². The second kappa shape index (κ2) is 5.74. The van der Waals surface area contributed by atoms with Crippen LogP contribution >= 0.6 is 0 Å². The topological polar surface area (TPSA) is 101 Å². The molecule has 6 nitrogen and oxygen atoms in total. The maximum Gasteiger partial charge on any atom is 0.320 e. The summed E-state index contributed by atoms with van der Waals surface area (Å²) in [5.74, 6) is -2.41. The highest BCUT2D eigenvalue weighted by atomic mass is 16.5. The van der Waals surface area contributed by atoms with Gasteiger partial charge < -0.3 is 14.9 Å². The van der Waals surface area contributed by atoms with Crippen LogP contribution in [0.3, 0.4) is 0 Å². The van der Waals surface area contributed by atoms with E-state index >= 15 is 0 Å². The highest BCUT2D eigenvalue weighted by molar-refractivity contribution is 6.46. The standard InChI is InChI=1S/C16H24O6/c1-9(2)11-10-4-5-16(11,13(20)12(10)19)14(21)22-8-15(3,6-17)7-18/h9-11,17-18H,4-8H2,1-3H3. The normalized spacial score (nSPS) is 31.2. The minimum absolute atomic E-state index is 0.0255. The second-order valence-corrected chi connectivity index (χ2v) is 7.28. The molecule has 2 aliphatic carbocycles. The molecule has 0 aliphatic heterocycles. The Hall–Kier alpha value is -1.27. The van der Waals surface area contributed by atoms with Crippen molar-refractivity contribution in [1.29, 1.82) is 0 Å². The van der Waals surface area contributed by atoms with Gasteiger partial charge in [-0.15, -0.1) is 0 Å². The van der Waals surface area contributed by atoms with Crippen molar-refractivity contribution in [3.63, 3.8) is 0 Å². The third-order valence-corrected chi connectivity index (χ3v) is 5.22. The summed E-state index contributed by atoms with van der Waals surface area (Å²) in [6, 6.07) is 0. The first kappa shape index (κ1) is 17.1. The molecule has 0 aromatic carbocycles. The highest BCUT2D eigenvalue weighted by Gasteiger charge is 2.69. The molecule has 3 unspecified atom stereocenters. The van der Waals surface area contributed by atoms with Crippen LogP contribution in [0.15, 0.2) is 0 Å². The van der Waals surface area contributed by atoms with Crippen molar-refractivity contribution in [3.05, 3.63) is 0 Å². The van der Waals surface area contributed by atoms with E-state index in [1.807, 2.05) is 13.8 Å². The number of carbonyl (C=O) groups is 3. The van der Waals surface area contributed by atoms with Gasteiger partial charge in [-0.2, -0.15) is 0 Å². The zero-order chi connectivity index (χ0) is 16.7. The predicted octanol–water partition coefficient (Wildman–Crippen LogP) is 0.341. The number of ether oxygens (including phenoxy) is 1.